The maximum atomic E-state index is 13.6. The molecule has 4 aliphatic rings. The minimum absolute atomic E-state index is 0.105. The topological polar surface area (TPSA) is 105 Å². The molecule has 1 aromatic carbocycles. The lowest BCUT2D eigenvalue weighted by Crippen LogP contribution is -2.48. The molecule has 8 nitrogen and oxygen atoms in total. The van der Waals surface area contributed by atoms with Crippen molar-refractivity contribution in [3.63, 3.8) is 0 Å². The van der Waals surface area contributed by atoms with Crippen molar-refractivity contribution in [1.82, 2.24) is 10.2 Å². The zero-order chi connectivity index (χ0) is 25.7. The van der Waals surface area contributed by atoms with Crippen LogP contribution in [0.5, 0.6) is 0 Å². The second-order valence-corrected chi connectivity index (χ2v) is 14.9. The zero-order valence-electron chi connectivity index (χ0n) is 21.1. The summed E-state index contributed by atoms with van der Waals surface area (Å²) in [7, 11) is -3.10. The summed E-state index contributed by atoms with van der Waals surface area (Å²) < 4.78 is 30.3. The minimum atomic E-state index is -3.10. The Kier molecular flexibility index (Phi) is 6.87. The van der Waals surface area contributed by atoms with Crippen molar-refractivity contribution < 1.29 is 22.7 Å². The fraction of sp³-hybridized carbons (Fsp3) is 0.654. The molecule has 0 spiro atoms. The van der Waals surface area contributed by atoms with Gasteiger partial charge in [-0.25, -0.2) is 13.2 Å². The predicted octanol–water partition coefficient (Wildman–Crippen LogP) is 3.41. The van der Waals surface area contributed by atoms with Gasteiger partial charge in [0.1, 0.15) is 11.6 Å². The van der Waals surface area contributed by atoms with Gasteiger partial charge in [-0.1, -0.05) is 48.5 Å². The van der Waals surface area contributed by atoms with E-state index in [4.69, 9.17) is 4.74 Å². The highest BCUT2D eigenvalue weighted by Crippen LogP contribution is 2.51. The smallest absolute Gasteiger partial charge is 0.408 e. The highest BCUT2D eigenvalue weighted by atomic mass is 32.2. The number of nitrogens with zero attached hydrogens (tertiary/aromatic N) is 2. The van der Waals surface area contributed by atoms with Crippen molar-refractivity contribution in [3.8, 4) is 0 Å². The number of sulfone groups is 1. The molecule has 10 heteroatoms. The Bertz CT molecular complexity index is 1150. The molecule has 2 aliphatic heterocycles. The third-order valence-electron chi connectivity index (χ3n) is 7.64. The number of amidine groups is 1. The highest BCUT2D eigenvalue weighted by molar-refractivity contribution is 8.15. The van der Waals surface area contributed by atoms with E-state index in [1.807, 2.05) is 30.3 Å². The Balaban J connectivity index is 1.41. The van der Waals surface area contributed by atoms with Gasteiger partial charge in [0.2, 0.25) is 0 Å². The molecular formula is C26H35N3O5S2. The average Bonchev–Trinajstić information content (AvgIpc) is 3.52. The van der Waals surface area contributed by atoms with Crippen LogP contribution in [0.2, 0.25) is 0 Å². The second-order valence-electron chi connectivity index (χ2n) is 11.6. The molecule has 0 unspecified atom stereocenters. The number of aliphatic imine (C=N–C) groups is 1. The molecule has 36 heavy (non-hydrogen) atoms. The number of amides is 2. The quantitative estimate of drug-likeness (QED) is 0.618. The first-order valence-corrected chi connectivity index (χ1v) is 15.5. The Hall–Kier alpha value is -2.07. The van der Waals surface area contributed by atoms with Gasteiger partial charge >= 0.3 is 6.09 Å². The summed E-state index contributed by atoms with van der Waals surface area (Å²) in [4.78, 5) is 32.9. The fourth-order valence-corrected chi connectivity index (χ4v) is 10.2. The summed E-state index contributed by atoms with van der Waals surface area (Å²) in [6.07, 6.45) is 4.22. The summed E-state index contributed by atoms with van der Waals surface area (Å²) in [5.41, 5.74) is 0.207. The summed E-state index contributed by atoms with van der Waals surface area (Å²) in [6.45, 7) is 5.32. The standard InChI is InChI=1S/C26H35N3O5S2/c1-26(2,3)34-25(31)27-19(12-16-7-5-4-6-8-16)23(30)28-24-29(20-13-17-9-10-18(20)11-17)21-14-36(32,33)15-22(21)35-24/h4-8,17-22H,9-15H2,1-3H3,(H,27,31)/t17-,18-,19+,20-,21-,22+/m1/s1. The number of hydrogen-bond acceptors (Lipinski definition) is 6. The normalized spacial score (nSPS) is 32.5. The molecule has 6 atom stereocenters. The number of nitrogens with one attached hydrogen (secondary N) is 1. The van der Waals surface area contributed by atoms with Gasteiger partial charge in [-0.2, -0.15) is 4.99 Å². The van der Waals surface area contributed by atoms with Crippen LogP contribution in [-0.4, -0.2) is 71.0 Å². The number of carbonyl (C=O) groups is 2. The van der Waals surface area contributed by atoms with E-state index in [1.54, 1.807) is 20.8 Å². The lowest BCUT2D eigenvalue weighted by Gasteiger charge is -2.36. The molecule has 1 aromatic rings. The SMILES string of the molecule is CC(C)(C)OC(=O)N[C@@H](Cc1ccccc1)C(=O)N=C1S[C@H]2CS(=O)(=O)C[C@H]2N1[C@@H]1C[C@@H]2CC[C@@H]1C2. The van der Waals surface area contributed by atoms with Crippen molar-refractivity contribution in [2.24, 2.45) is 16.8 Å². The van der Waals surface area contributed by atoms with E-state index in [1.165, 1.54) is 24.6 Å². The van der Waals surface area contributed by atoms with Crippen LogP contribution in [0.3, 0.4) is 0 Å². The molecule has 2 heterocycles. The van der Waals surface area contributed by atoms with Crippen LogP contribution in [0.4, 0.5) is 4.79 Å². The van der Waals surface area contributed by atoms with Crippen LogP contribution in [-0.2, 0) is 25.8 Å². The molecule has 2 aliphatic carbocycles. The van der Waals surface area contributed by atoms with E-state index in [0.717, 1.165) is 18.4 Å². The van der Waals surface area contributed by atoms with Gasteiger partial charge < -0.3 is 15.0 Å². The van der Waals surface area contributed by atoms with Crippen molar-refractivity contribution in [2.75, 3.05) is 11.5 Å². The van der Waals surface area contributed by atoms with Crippen LogP contribution in [0.15, 0.2) is 35.3 Å². The number of ether oxygens (including phenoxy) is 1. The van der Waals surface area contributed by atoms with Crippen molar-refractivity contribution in [2.45, 2.75) is 81.9 Å². The van der Waals surface area contributed by atoms with Crippen LogP contribution in [0, 0.1) is 11.8 Å². The summed E-state index contributed by atoms with van der Waals surface area (Å²) >= 11 is 1.42. The summed E-state index contributed by atoms with van der Waals surface area (Å²) in [5, 5.41) is 3.24. The van der Waals surface area contributed by atoms with E-state index in [2.05, 4.69) is 15.2 Å². The van der Waals surface area contributed by atoms with Crippen LogP contribution in [0.1, 0.15) is 52.0 Å². The number of thioether (sulfide) groups is 1. The molecule has 2 bridgehead atoms. The highest BCUT2D eigenvalue weighted by Gasteiger charge is 2.54. The number of hydrogen-bond donors (Lipinski definition) is 1. The predicted molar refractivity (Wildman–Crippen MR) is 141 cm³/mol. The van der Waals surface area contributed by atoms with Gasteiger partial charge in [-0.3, -0.25) is 4.79 Å². The van der Waals surface area contributed by atoms with Crippen molar-refractivity contribution in [3.05, 3.63) is 35.9 Å². The lowest BCUT2D eigenvalue weighted by atomic mass is 9.93. The fourth-order valence-electron chi connectivity index (χ4n) is 6.20. The zero-order valence-corrected chi connectivity index (χ0v) is 22.7. The first-order chi connectivity index (χ1) is 17.0. The Morgan fingerprint density at radius 1 is 1.14 bits per heavy atom. The van der Waals surface area contributed by atoms with E-state index in [0.29, 0.717) is 17.0 Å². The summed E-state index contributed by atoms with van der Waals surface area (Å²) in [6, 6.07) is 8.71. The molecule has 2 saturated heterocycles. The first-order valence-electron chi connectivity index (χ1n) is 12.8. The van der Waals surface area contributed by atoms with E-state index in [9.17, 15) is 18.0 Å². The molecule has 0 aromatic heterocycles. The number of carbonyl (C=O) groups excluding carboxylic acids is 2. The molecular weight excluding hydrogens is 498 g/mol. The molecule has 1 N–H and O–H groups in total. The Morgan fingerprint density at radius 3 is 2.53 bits per heavy atom. The van der Waals surface area contributed by atoms with E-state index in [-0.39, 0.29) is 35.3 Å². The third-order valence-corrected chi connectivity index (χ3v) is 10.9. The van der Waals surface area contributed by atoms with Crippen molar-refractivity contribution in [1.29, 1.82) is 0 Å². The van der Waals surface area contributed by atoms with E-state index >= 15 is 0 Å². The van der Waals surface area contributed by atoms with Gasteiger partial charge in [-0.05, 0) is 57.4 Å². The molecule has 0 radical (unpaired) electrons. The Morgan fingerprint density at radius 2 is 1.89 bits per heavy atom. The first kappa shape index (κ1) is 25.6. The second kappa shape index (κ2) is 9.67. The van der Waals surface area contributed by atoms with Gasteiger partial charge in [0.15, 0.2) is 15.0 Å². The number of rotatable bonds is 5. The number of fused-ring (bicyclic) bond motifs is 3. The van der Waals surface area contributed by atoms with Gasteiger partial charge in [0, 0.05) is 17.7 Å². The van der Waals surface area contributed by atoms with Crippen molar-refractivity contribution >= 4 is 38.8 Å². The van der Waals surface area contributed by atoms with Gasteiger partial charge in [-0.15, -0.1) is 0 Å². The van der Waals surface area contributed by atoms with Gasteiger partial charge in [0.05, 0.1) is 17.5 Å². The van der Waals surface area contributed by atoms with Gasteiger partial charge in [0.25, 0.3) is 5.91 Å². The largest absolute Gasteiger partial charge is 0.444 e. The molecule has 196 valence electrons. The Labute approximate surface area is 217 Å². The van der Waals surface area contributed by atoms with E-state index < -0.39 is 33.5 Å². The molecule has 4 fully saturated rings. The molecule has 2 amide bonds. The molecule has 5 rings (SSSR count). The minimum Gasteiger partial charge on any atom is -0.444 e. The van der Waals surface area contributed by atoms with Crippen LogP contribution in [0.25, 0.3) is 0 Å². The third kappa shape index (κ3) is 5.59. The maximum absolute atomic E-state index is 13.6. The van der Waals surface area contributed by atoms with Crippen LogP contribution < -0.4 is 5.32 Å². The lowest BCUT2D eigenvalue weighted by molar-refractivity contribution is -0.119. The molecule has 2 saturated carbocycles. The van der Waals surface area contributed by atoms with Crippen LogP contribution >= 0.6 is 11.8 Å². The number of benzene rings is 1. The average molecular weight is 534 g/mol. The monoisotopic (exact) mass is 533 g/mol. The summed E-state index contributed by atoms with van der Waals surface area (Å²) in [5.74, 6) is 1.01. The maximum Gasteiger partial charge on any atom is 0.408 e. The number of alkyl carbamates (subject to hydrolysis) is 1.